The summed E-state index contributed by atoms with van der Waals surface area (Å²) in [6, 6.07) is 1.47. The number of nitrogens with two attached hydrogens (primary N) is 1. The van der Waals surface area contributed by atoms with Gasteiger partial charge in [-0.1, -0.05) is 11.6 Å². The topological polar surface area (TPSA) is 85.5 Å². The number of nitrogens with zero attached hydrogens (tertiary/aromatic N) is 2. The van der Waals surface area contributed by atoms with E-state index in [1.54, 1.807) is 4.90 Å². The summed E-state index contributed by atoms with van der Waals surface area (Å²) < 4.78 is 5.15. The Morgan fingerprint density at radius 1 is 1.42 bits per heavy atom. The third kappa shape index (κ3) is 3.21. The van der Waals surface area contributed by atoms with Crippen molar-refractivity contribution in [1.82, 2.24) is 9.88 Å². The van der Waals surface area contributed by atoms with E-state index in [0.29, 0.717) is 26.3 Å². The molecule has 19 heavy (non-hydrogen) atoms. The summed E-state index contributed by atoms with van der Waals surface area (Å²) in [5.74, 6) is -0.570. The highest BCUT2D eigenvalue weighted by molar-refractivity contribution is 6.32. The second-order valence-electron chi connectivity index (χ2n) is 4.16. The number of ketones is 1. The zero-order chi connectivity index (χ0) is 13.8. The molecule has 2 rings (SSSR count). The second kappa shape index (κ2) is 5.99. The van der Waals surface area contributed by atoms with Crippen molar-refractivity contribution in [2.75, 3.05) is 32.0 Å². The van der Waals surface area contributed by atoms with Crippen LogP contribution in [0.2, 0.25) is 5.15 Å². The van der Waals surface area contributed by atoms with Crippen LogP contribution >= 0.6 is 11.6 Å². The van der Waals surface area contributed by atoms with Gasteiger partial charge >= 0.3 is 0 Å². The Bertz CT molecular complexity index is 501. The lowest BCUT2D eigenvalue weighted by molar-refractivity contribution is -0.134. The van der Waals surface area contributed by atoms with Gasteiger partial charge in [0, 0.05) is 24.8 Å². The van der Waals surface area contributed by atoms with Crippen LogP contribution < -0.4 is 5.73 Å². The van der Waals surface area contributed by atoms with Gasteiger partial charge in [-0.15, -0.1) is 0 Å². The van der Waals surface area contributed by atoms with Gasteiger partial charge in [0.15, 0.2) is 10.9 Å². The van der Waals surface area contributed by atoms with E-state index < -0.39 is 0 Å². The van der Waals surface area contributed by atoms with E-state index in [9.17, 15) is 9.59 Å². The molecule has 0 radical (unpaired) electrons. The van der Waals surface area contributed by atoms with Crippen LogP contribution in [-0.2, 0) is 9.53 Å². The fourth-order valence-electron chi connectivity index (χ4n) is 1.85. The number of carbonyl (C=O) groups is 2. The number of anilines is 1. The number of hydrogen-bond acceptors (Lipinski definition) is 5. The third-order valence-electron chi connectivity index (χ3n) is 2.92. The highest BCUT2D eigenvalue weighted by Gasteiger charge is 2.22. The highest BCUT2D eigenvalue weighted by Crippen LogP contribution is 2.21. The number of amides is 1. The summed E-state index contributed by atoms with van der Waals surface area (Å²) in [6.45, 7) is 2.03. The van der Waals surface area contributed by atoms with Crippen molar-refractivity contribution in [3.63, 3.8) is 0 Å². The van der Waals surface area contributed by atoms with Crippen LogP contribution in [0, 0.1) is 0 Å². The molecule has 1 aliphatic rings. The Hall–Kier alpha value is -1.66. The summed E-state index contributed by atoms with van der Waals surface area (Å²) in [4.78, 5) is 29.3. The number of Topliss-reactive ketones (excluding diaryl/α,β-unsaturated/α-hetero) is 1. The van der Waals surface area contributed by atoms with Crippen LogP contribution in [0.5, 0.6) is 0 Å². The number of halogens is 1. The second-order valence-corrected chi connectivity index (χ2v) is 4.51. The first kappa shape index (κ1) is 13.8. The van der Waals surface area contributed by atoms with Crippen molar-refractivity contribution in [3.8, 4) is 0 Å². The summed E-state index contributed by atoms with van der Waals surface area (Å²) in [6.07, 6.45) is 1.18. The molecule has 2 heterocycles. The first-order valence-electron chi connectivity index (χ1n) is 5.88. The molecule has 0 bridgehead atoms. The molecule has 0 aliphatic carbocycles. The molecule has 0 aromatic carbocycles. The summed E-state index contributed by atoms with van der Waals surface area (Å²) >= 11 is 5.74. The lowest BCUT2D eigenvalue weighted by Gasteiger charge is -2.26. The van der Waals surface area contributed by atoms with Crippen LogP contribution in [0.15, 0.2) is 12.3 Å². The molecular formula is C12H14ClN3O3. The number of morpholine rings is 1. The minimum absolute atomic E-state index is 0.0738. The van der Waals surface area contributed by atoms with E-state index in [-0.39, 0.29) is 34.5 Å². The number of aromatic nitrogens is 1. The molecule has 7 heteroatoms. The molecule has 6 nitrogen and oxygen atoms in total. The Morgan fingerprint density at radius 2 is 2.11 bits per heavy atom. The fraction of sp³-hybridized carbons (Fsp3) is 0.417. The van der Waals surface area contributed by atoms with Crippen molar-refractivity contribution >= 4 is 29.0 Å². The SMILES string of the molecule is Nc1c(C(=O)CC(=O)N2CCOCC2)ccnc1Cl. The Labute approximate surface area is 115 Å². The first-order valence-corrected chi connectivity index (χ1v) is 6.26. The average molecular weight is 284 g/mol. The molecule has 1 amide bonds. The molecule has 1 aromatic rings. The van der Waals surface area contributed by atoms with Gasteiger partial charge in [-0.3, -0.25) is 9.59 Å². The van der Waals surface area contributed by atoms with Gasteiger partial charge in [-0.2, -0.15) is 0 Å². The lowest BCUT2D eigenvalue weighted by Crippen LogP contribution is -2.41. The van der Waals surface area contributed by atoms with Crippen molar-refractivity contribution in [2.24, 2.45) is 0 Å². The maximum atomic E-state index is 12.0. The summed E-state index contributed by atoms with van der Waals surface area (Å²) in [7, 11) is 0. The Kier molecular flexibility index (Phi) is 4.34. The van der Waals surface area contributed by atoms with E-state index in [2.05, 4.69) is 4.98 Å². The molecule has 0 saturated carbocycles. The van der Waals surface area contributed by atoms with Crippen LogP contribution in [-0.4, -0.2) is 47.9 Å². The quantitative estimate of drug-likeness (QED) is 0.503. The van der Waals surface area contributed by atoms with E-state index in [4.69, 9.17) is 22.1 Å². The zero-order valence-electron chi connectivity index (χ0n) is 10.3. The van der Waals surface area contributed by atoms with Crippen molar-refractivity contribution in [3.05, 3.63) is 23.0 Å². The number of hydrogen-bond donors (Lipinski definition) is 1. The van der Waals surface area contributed by atoms with Gasteiger partial charge in [0.05, 0.1) is 25.3 Å². The van der Waals surface area contributed by atoms with Crippen molar-refractivity contribution < 1.29 is 14.3 Å². The molecule has 1 saturated heterocycles. The highest BCUT2D eigenvalue weighted by atomic mass is 35.5. The van der Waals surface area contributed by atoms with Crippen LogP contribution in [0.1, 0.15) is 16.8 Å². The number of ether oxygens (including phenoxy) is 1. The molecule has 1 aromatic heterocycles. The van der Waals surface area contributed by atoms with E-state index in [1.165, 1.54) is 12.3 Å². The molecule has 0 atom stereocenters. The fourth-order valence-corrected chi connectivity index (χ4v) is 2.01. The molecule has 1 fully saturated rings. The number of pyridine rings is 1. The lowest BCUT2D eigenvalue weighted by atomic mass is 10.1. The molecule has 102 valence electrons. The zero-order valence-corrected chi connectivity index (χ0v) is 11.0. The average Bonchev–Trinajstić information content (AvgIpc) is 2.42. The van der Waals surface area contributed by atoms with Crippen LogP contribution in [0.3, 0.4) is 0 Å². The van der Waals surface area contributed by atoms with Gasteiger partial charge in [0.1, 0.15) is 0 Å². The van der Waals surface area contributed by atoms with E-state index in [0.717, 1.165) is 0 Å². The van der Waals surface area contributed by atoms with Crippen molar-refractivity contribution in [2.45, 2.75) is 6.42 Å². The van der Waals surface area contributed by atoms with Gasteiger partial charge in [-0.05, 0) is 6.07 Å². The van der Waals surface area contributed by atoms with E-state index in [1.807, 2.05) is 0 Å². The molecule has 0 unspecified atom stereocenters. The number of rotatable bonds is 3. The molecule has 1 aliphatic heterocycles. The minimum atomic E-state index is -0.349. The monoisotopic (exact) mass is 283 g/mol. The van der Waals surface area contributed by atoms with Crippen LogP contribution in [0.25, 0.3) is 0 Å². The van der Waals surface area contributed by atoms with Gasteiger partial charge in [0.2, 0.25) is 5.91 Å². The van der Waals surface area contributed by atoms with Gasteiger partial charge in [-0.25, -0.2) is 4.98 Å². The largest absolute Gasteiger partial charge is 0.396 e. The number of carbonyl (C=O) groups excluding carboxylic acids is 2. The molecule has 2 N–H and O–H groups in total. The smallest absolute Gasteiger partial charge is 0.230 e. The van der Waals surface area contributed by atoms with E-state index >= 15 is 0 Å². The maximum absolute atomic E-state index is 12.0. The Balaban J connectivity index is 2.04. The maximum Gasteiger partial charge on any atom is 0.230 e. The normalized spacial score (nSPS) is 15.3. The predicted molar refractivity (Wildman–Crippen MR) is 70.0 cm³/mol. The predicted octanol–water partition coefficient (Wildman–Crippen LogP) is 0.749. The van der Waals surface area contributed by atoms with Gasteiger partial charge in [0.25, 0.3) is 0 Å². The molecule has 0 spiro atoms. The molecular weight excluding hydrogens is 270 g/mol. The summed E-state index contributed by atoms with van der Waals surface area (Å²) in [5, 5.41) is 0.0738. The summed E-state index contributed by atoms with van der Waals surface area (Å²) in [5.41, 5.74) is 6.03. The van der Waals surface area contributed by atoms with Crippen LogP contribution in [0.4, 0.5) is 5.69 Å². The van der Waals surface area contributed by atoms with Crippen molar-refractivity contribution in [1.29, 1.82) is 0 Å². The number of nitrogen functional groups attached to an aromatic ring is 1. The standard InChI is InChI=1S/C12H14ClN3O3/c13-12-11(14)8(1-2-15-12)9(17)7-10(18)16-3-5-19-6-4-16/h1-2H,3-7,14H2. The first-order chi connectivity index (χ1) is 9.09. The third-order valence-corrected chi connectivity index (χ3v) is 3.22. The Morgan fingerprint density at radius 3 is 2.79 bits per heavy atom. The minimum Gasteiger partial charge on any atom is -0.396 e. The van der Waals surface area contributed by atoms with Gasteiger partial charge < -0.3 is 15.4 Å².